The minimum Gasteiger partial charge on any atom is -0.464 e. The summed E-state index contributed by atoms with van der Waals surface area (Å²) in [5, 5.41) is 0.976. The zero-order valence-electron chi connectivity index (χ0n) is 21.5. The molecule has 1 aromatic carbocycles. The van der Waals surface area contributed by atoms with Crippen LogP contribution in [0.1, 0.15) is 66.9 Å². The van der Waals surface area contributed by atoms with E-state index in [0.29, 0.717) is 19.6 Å². The summed E-state index contributed by atoms with van der Waals surface area (Å²) in [6.45, 7) is 13.9. The van der Waals surface area contributed by atoms with Crippen molar-refractivity contribution >= 4 is 18.2 Å². The van der Waals surface area contributed by atoms with Crippen molar-refractivity contribution in [1.29, 1.82) is 0 Å². The van der Waals surface area contributed by atoms with Gasteiger partial charge in [0.05, 0.1) is 6.61 Å². The van der Waals surface area contributed by atoms with Crippen LogP contribution in [0.5, 0.6) is 0 Å². The van der Waals surface area contributed by atoms with Gasteiger partial charge < -0.3 is 14.2 Å². The second kappa shape index (κ2) is 11.1. The quantitative estimate of drug-likeness (QED) is 0.384. The molecule has 0 aromatic heterocycles. The smallest absolute Gasteiger partial charge is 0.430 e. The number of hydrogen-bond acceptors (Lipinski definition) is 7. The van der Waals surface area contributed by atoms with Gasteiger partial charge in [-0.2, -0.15) is 5.01 Å². The van der Waals surface area contributed by atoms with Crippen LogP contribution in [0, 0.1) is 0 Å². The van der Waals surface area contributed by atoms with Gasteiger partial charge in [-0.3, -0.25) is 4.90 Å². The van der Waals surface area contributed by atoms with Crippen LogP contribution in [0.15, 0.2) is 30.3 Å². The predicted molar refractivity (Wildman–Crippen MR) is 128 cm³/mol. The molecule has 0 atom stereocenters. The van der Waals surface area contributed by atoms with Gasteiger partial charge >= 0.3 is 18.2 Å². The van der Waals surface area contributed by atoms with Crippen LogP contribution in [-0.4, -0.2) is 64.5 Å². The van der Waals surface area contributed by atoms with Crippen LogP contribution in [-0.2, 0) is 25.5 Å². The van der Waals surface area contributed by atoms with E-state index in [1.807, 2.05) is 30.3 Å². The fourth-order valence-electron chi connectivity index (χ4n) is 3.73. The number of esters is 1. The van der Waals surface area contributed by atoms with E-state index in [9.17, 15) is 14.4 Å². The number of nitrogens with one attached hydrogen (secondary N) is 1. The Morgan fingerprint density at radius 3 is 2.03 bits per heavy atom. The first-order valence-corrected chi connectivity index (χ1v) is 11.7. The first-order valence-electron chi connectivity index (χ1n) is 11.7. The molecule has 1 heterocycles. The van der Waals surface area contributed by atoms with Crippen molar-refractivity contribution in [2.75, 3.05) is 19.7 Å². The monoisotopic (exact) mass is 477 g/mol. The molecule has 0 unspecified atom stereocenters. The van der Waals surface area contributed by atoms with Crippen molar-refractivity contribution < 1.29 is 28.6 Å². The molecule has 9 nitrogen and oxygen atoms in total. The number of benzene rings is 1. The Morgan fingerprint density at radius 2 is 1.53 bits per heavy atom. The zero-order valence-corrected chi connectivity index (χ0v) is 21.5. The molecule has 1 fully saturated rings. The highest BCUT2D eigenvalue weighted by Gasteiger charge is 2.52. The van der Waals surface area contributed by atoms with Crippen molar-refractivity contribution in [2.24, 2.45) is 0 Å². The summed E-state index contributed by atoms with van der Waals surface area (Å²) in [5.74, 6) is -0.587. The largest absolute Gasteiger partial charge is 0.464 e. The molecule has 190 valence electrons. The van der Waals surface area contributed by atoms with E-state index in [0.717, 1.165) is 10.6 Å². The number of carbonyl (C=O) groups is 3. The first-order chi connectivity index (χ1) is 15.8. The summed E-state index contributed by atoms with van der Waals surface area (Å²) in [6, 6.07) is 10.0. The molecular weight excluding hydrogens is 438 g/mol. The lowest BCUT2D eigenvalue weighted by atomic mass is 9.86. The van der Waals surface area contributed by atoms with E-state index in [1.165, 1.54) is 0 Å². The molecule has 0 saturated carbocycles. The summed E-state index contributed by atoms with van der Waals surface area (Å²) < 4.78 is 16.3. The summed E-state index contributed by atoms with van der Waals surface area (Å²) in [5.41, 5.74) is 0.585. The van der Waals surface area contributed by atoms with Crippen molar-refractivity contribution in [1.82, 2.24) is 15.3 Å². The number of amides is 2. The second-order valence-corrected chi connectivity index (χ2v) is 10.4. The van der Waals surface area contributed by atoms with Gasteiger partial charge in [0.1, 0.15) is 11.2 Å². The maximum Gasteiger partial charge on any atom is 0.430 e. The van der Waals surface area contributed by atoms with Gasteiger partial charge in [-0.25, -0.2) is 19.8 Å². The third kappa shape index (κ3) is 7.90. The molecule has 0 radical (unpaired) electrons. The minimum atomic E-state index is -1.43. The van der Waals surface area contributed by atoms with E-state index in [-0.39, 0.29) is 19.4 Å². The lowest BCUT2D eigenvalue weighted by Crippen LogP contribution is -2.68. The zero-order chi connectivity index (χ0) is 25.6. The lowest BCUT2D eigenvalue weighted by molar-refractivity contribution is -0.164. The van der Waals surface area contributed by atoms with Crippen LogP contribution >= 0.6 is 0 Å². The van der Waals surface area contributed by atoms with Gasteiger partial charge in [0.25, 0.3) is 0 Å². The van der Waals surface area contributed by atoms with E-state index >= 15 is 0 Å². The van der Waals surface area contributed by atoms with Gasteiger partial charge in [-0.1, -0.05) is 30.3 Å². The molecular formula is C25H39N3O6. The summed E-state index contributed by atoms with van der Waals surface area (Å²) in [7, 11) is 0. The number of carbonyl (C=O) groups excluding carboxylic acids is 3. The molecule has 1 aliphatic heterocycles. The molecule has 1 aromatic rings. The molecule has 2 rings (SSSR count). The molecule has 0 aliphatic carbocycles. The SMILES string of the molecule is CCOC(=O)C1(N(NC(=O)OC(C)(C)C)C(=O)OC(C)(C)C)CCN(Cc2ccccc2)CC1. The Kier molecular flexibility index (Phi) is 8.94. The van der Waals surface area contributed by atoms with E-state index in [4.69, 9.17) is 14.2 Å². The Labute approximate surface area is 202 Å². The van der Waals surface area contributed by atoms with Crippen molar-refractivity contribution in [3.63, 3.8) is 0 Å². The fourth-order valence-corrected chi connectivity index (χ4v) is 3.73. The lowest BCUT2D eigenvalue weighted by Gasteiger charge is -2.46. The average Bonchev–Trinajstić information content (AvgIpc) is 2.71. The Hall–Kier alpha value is -2.81. The molecule has 2 amide bonds. The Bertz CT molecular complexity index is 836. The maximum absolute atomic E-state index is 13.3. The molecule has 9 heteroatoms. The van der Waals surface area contributed by atoms with E-state index in [2.05, 4.69) is 10.3 Å². The Balaban J connectivity index is 2.33. The van der Waals surface area contributed by atoms with Crippen molar-refractivity contribution in [3.05, 3.63) is 35.9 Å². The van der Waals surface area contributed by atoms with Gasteiger partial charge in [0, 0.05) is 19.6 Å². The molecule has 1 saturated heterocycles. The average molecular weight is 478 g/mol. The maximum atomic E-state index is 13.3. The highest BCUT2D eigenvalue weighted by Crippen LogP contribution is 2.32. The second-order valence-electron chi connectivity index (χ2n) is 10.4. The fraction of sp³-hybridized carbons (Fsp3) is 0.640. The highest BCUT2D eigenvalue weighted by molar-refractivity contribution is 5.87. The highest BCUT2D eigenvalue weighted by atomic mass is 16.6. The standard InChI is InChI=1S/C25H39N3O6/c1-8-32-20(29)25(14-16-27(17-15-25)18-19-12-10-9-11-13-19)28(22(31)34-24(5,6)7)26-21(30)33-23(2,3)4/h9-13H,8,14-18H2,1-7H3,(H,26,30). The molecule has 1 N–H and O–H groups in total. The number of rotatable bonds is 5. The number of ether oxygens (including phenoxy) is 3. The molecule has 0 spiro atoms. The summed E-state index contributed by atoms with van der Waals surface area (Å²) in [4.78, 5) is 41.4. The number of piperidine rings is 1. The number of hydrogen-bond donors (Lipinski definition) is 1. The van der Waals surface area contributed by atoms with Crippen LogP contribution in [0.25, 0.3) is 0 Å². The topological polar surface area (TPSA) is 97.4 Å². The van der Waals surface area contributed by atoms with E-state index < -0.39 is 34.9 Å². The van der Waals surface area contributed by atoms with E-state index in [1.54, 1.807) is 48.5 Å². The number of nitrogens with zero attached hydrogens (tertiary/aromatic N) is 2. The van der Waals surface area contributed by atoms with Crippen molar-refractivity contribution in [3.8, 4) is 0 Å². The minimum absolute atomic E-state index is 0.142. The van der Waals surface area contributed by atoms with Crippen LogP contribution < -0.4 is 5.43 Å². The molecule has 34 heavy (non-hydrogen) atoms. The third-order valence-electron chi connectivity index (χ3n) is 5.19. The molecule has 1 aliphatic rings. The summed E-state index contributed by atoms with van der Waals surface area (Å²) >= 11 is 0. The predicted octanol–water partition coefficient (Wildman–Crippen LogP) is 4.26. The van der Waals surface area contributed by atoms with Gasteiger partial charge in [0.15, 0.2) is 5.54 Å². The van der Waals surface area contributed by atoms with Gasteiger partial charge in [-0.05, 0) is 66.9 Å². The van der Waals surface area contributed by atoms with Gasteiger partial charge in [0.2, 0.25) is 0 Å². The van der Waals surface area contributed by atoms with Crippen molar-refractivity contribution in [2.45, 2.75) is 84.6 Å². The first kappa shape index (κ1) is 27.4. The molecule has 0 bridgehead atoms. The number of likely N-dealkylation sites (tertiary alicyclic amines) is 1. The Morgan fingerprint density at radius 1 is 0.971 bits per heavy atom. The third-order valence-corrected chi connectivity index (χ3v) is 5.19. The van der Waals surface area contributed by atoms with Crippen LogP contribution in [0.2, 0.25) is 0 Å². The van der Waals surface area contributed by atoms with Gasteiger partial charge in [-0.15, -0.1) is 0 Å². The number of hydrazine groups is 1. The van der Waals surface area contributed by atoms with Crippen LogP contribution in [0.3, 0.4) is 0 Å². The normalized spacial score (nSPS) is 16.3. The summed E-state index contributed by atoms with van der Waals surface area (Å²) in [6.07, 6.45) is -1.18. The van der Waals surface area contributed by atoms with Crippen LogP contribution in [0.4, 0.5) is 9.59 Å².